The molecule has 0 unspecified atom stereocenters. The first-order valence-corrected chi connectivity index (χ1v) is 10.8. The smallest absolute Gasteiger partial charge is 0.191 e. The Labute approximate surface area is 186 Å². The quantitative estimate of drug-likeness (QED) is 0.319. The number of halogens is 2. The van der Waals surface area contributed by atoms with Crippen molar-refractivity contribution in [3.05, 3.63) is 34.9 Å². The summed E-state index contributed by atoms with van der Waals surface area (Å²) in [5.41, 5.74) is 1.17. The average molecular weight is 530 g/mol. The summed E-state index contributed by atoms with van der Waals surface area (Å²) >= 11 is 6.06. The van der Waals surface area contributed by atoms with E-state index in [9.17, 15) is 8.42 Å². The third-order valence-electron chi connectivity index (χ3n) is 4.13. The van der Waals surface area contributed by atoms with E-state index in [2.05, 4.69) is 35.5 Å². The fourth-order valence-electron chi connectivity index (χ4n) is 2.42. The van der Waals surface area contributed by atoms with Gasteiger partial charge in [-0.15, -0.1) is 24.0 Å². The Balaban J connectivity index is 0.00000676. The molecular weight excluding hydrogens is 497 g/mol. The number of rotatable bonds is 7. The van der Waals surface area contributed by atoms with Gasteiger partial charge in [0.05, 0.1) is 10.5 Å². The Hall–Kier alpha value is -0.540. The van der Waals surface area contributed by atoms with Crippen molar-refractivity contribution in [3.8, 4) is 0 Å². The van der Waals surface area contributed by atoms with Gasteiger partial charge in [0.25, 0.3) is 0 Å². The molecule has 0 heterocycles. The molecule has 156 valence electrons. The van der Waals surface area contributed by atoms with Gasteiger partial charge in [-0.25, -0.2) is 8.42 Å². The lowest BCUT2D eigenvalue weighted by Gasteiger charge is -2.26. The molecule has 0 spiro atoms. The summed E-state index contributed by atoms with van der Waals surface area (Å²) in [6.07, 6.45) is 0.871. The molecule has 0 radical (unpaired) electrons. The highest BCUT2D eigenvalue weighted by Crippen LogP contribution is 2.22. The molecule has 0 fully saturated rings. The second-order valence-corrected chi connectivity index (χ2v) is 11.6. The second kappa shape index (κ2) is 10.9. The fraction of sp³-hybridized carbons (Fsp3) is 0.632. The van der Waals surface area contributed by atoms with Gasteiger partial charge in [-0.2, -0.15) is 0 Å². The molecule has 0 atom stereocenters. The van der Waals surface area contributed by atoms with Gasteiger partial charge in [-0.3, -0.25) is 4.99 Å². The normalized spacial score (nSPS) is 13.1. The van der Waals surface area contributed by atoms with Crippen LogP contribution in [-0.2, 0) is 16.3 Å². The third kappa shape index (κ3) is 9.47. The first kappa shape index (κ1) is 26.5. The predicted molar refractivity (Wildman–Crippen MR) is 127 cm³/mol. The van der Waals surface area contributed by atoms with Crippen molar-refractivity contribution >= 4 is 51.4 Å². The van der Waals surface area contributed by atoms with Crippen LogP contribution in [0, 0.1) is 5.41 Å². The standard InChI is InChI=1S/C19H32ClN3O2S.HI/c1-18(2,3)26(24,25)11-10-22-17(21-6)23-14-19(4,5)13-15-8-7-9-16(20)12-15;/h7-9,12H,10-11,13-14H2,1-6H3,(H2,21,22,23);1H. The van der Waals surface area contributed by atoms with Crippen LogP contribution in [0.25, 0.3) is 0 Å². The number of guanidine groups is 1. The lowest BCUT2D eigenvalue weighted by Crippen LogP contribution is -2.45. The number of nitrogens with zero attached hydrogens (tertiary/aromatic N) is 1. The largest absolute Gasteiger partial charge is 0.356 e. The van der Waals surface area contributed by atoms with Gasteiger partial charge in [0.15, 0.2) is 15.8 Å². The summed E-state index contributed by atoms with van der Waals surface area (Å²) in [4.78, 5) is 4.17. The SMILES string of the molecule is CN=C(NCCS(=O)(=O)C(C)(C)C)NCC(C)(C)Cc1cccc(Cl)c1.I. The van der Waals surface area contributed by atoms with Crippen molar-refractivity contribution in [2.24, 2.45) is 10.4 Å². The molecule has 0 saturated heterocycles. The molecule has 0 aromatic heterocycles. The molecule has 1 aromatic carbocycles. The topological polar surface area (TPSA) is 70.6 Å². The second-order valence-electron chi connectivity index (χ2n) is 8.25. The third-order valence-corrected chi connectivity index (χ3v) is 6.97. The summed E-state index contributed by atoms with van der Waals surface area (Å²) in [7, 11) is -1.47. The first-order chi connectivity index (χ1) is 11.9. The molecule has 0 bridgehead atoms. The van der Waals surface area contributed by atoms with Crippen LogP contribution >= 0.6 is 35.6 Å². The lowest BCUT2D eigenvalue weighted by atomic mass is 9.86. The van der Waals surface area contributed by atoms with Crippen LogP contribution in [-0.4, -0.2) is 45.0 Å². The molecule has 0 saturated carbocycles. The van der Waals surface area contributed by atoms with Gasteiger partial charge in [0.2, 0.25) is 0 Å². The van der Waals surface area contributed by atoms with Crippen LogP contribution in [0.4, 0.5) is 0 Å². The number of hydrogen-bond acceptors (Lipinski definition) is 3. The van der Waals surface area contributed by atoms with E-state index in [1.54, 1.807) is 27.8 Å². The first-order valence-electron chi connectivity index (χ1n) is 8.78. The Bertz CT molecular complexity index is 729. The molecule has 27 heavy (non-hydrogen) atoms. The van der Waals surface area contributed by atoms with Crippen LogP contribution in [0.3, 0.4) is 0 Å². The average Bonchev–Trinajstić information content (AvgIpc) is 2.49. The number of hydrogen-bond donors (Lipinski definition) is 2. The van der Waals surface area contributed by atoms with E-state index in [0.717, 1.165) is 11.4 Å². The minimum absolute atomic E-state index is 0. The van der Waals surface area contributed by atoms with Crippen molar-refractivity contribution in [1.82, 2.24) is 10.6 Å². The van der Waals surface area contributed by atoms with Crippen molar-refractivity contribution in [1.29, 1.82) is 0 Å². The summed E-state index contributed by atoms with van der Waals surface area (Å²) in [5.74, 6) is 0.677. The van der Waals surface area contributed by atoms with Gasteiger partial charge in [-0.05, 0) is 50.3 Å². The predicted octanol–water partition coefficient (Wildman–Crippen LogP) is 3.91. The van der Waals surface area contributed by atoms with E-state index in [1.165, 1.54) is 5.56 Å². The monoisotopic (exact) mass is 529 g/mol. The highest BCUT2D eigenvalue weighted by Gasteiger charge is 2.28. The van der Waals surface area contributed by atoms with E-state index in [1.807, 2.05) is 18.2 Å². The Morgan fingerprint density at radius 1 is 1.15 bits per heavy atom. The molecule has 2 N–H and O–H groups in total. The lowest BCUT2D eigenvalue weighted by molar-refractivity contribution is 0.359. The Morgan fingerprint density at radius 3 is 2.30 bits per heavy atom. The zero-order chi connectivity index (χ0) is 20.0. The van der Waals surface area contributed by atoms with Gasteiger partial charge in [-0.1, -0.05) is 37.6 Å². The van der Waals surface area contributed by atoms with Crippen LogP contribution in [0.5, 0.6) is 0 Å². The molecule has 1 aromatic rings. The number of aliphatic imine (C=N–C) groups is 1. The van der Waals surface area contributed by atoms with Crippen LogP contribution < -0.4 is 10.6 Å². The minimum atomic E-state index is -3.15. The molecular formula is C19H33ClIN3O2S. The van der Waals surface area contributed by atoms with Gasteiger partial charge in [0.1, 0.15) is 0 Å². The molecule has 0 aliphatic rings. The van der Waals surface area contributed by atoms with Crippen LogP contribution in [0.15, 0.2) is 29.3 Å². The summed E-state index contributed by atoms with van der Waals surface area (Å²) in [6.45, 7) is 10.5. The number of nitrogens with one attached hydrogen (secondary N) is 2. The maximum Gasteiger partial charge on any atom is 0.191 e. The van der Waals surface area contributed by atoms with Gasteiger partial charge >= 0.3 is 0 Å². The molecule has 5 nitrogen and oxygen atoms in total. The van der Waals surface area contributed by atoms with E-state index >= 15 is 0 Å². The molecule has 0 aliphatic carbocycles. The zero-order valence-corrected chi connectivity index (χ0v) is 21.0. The molecule has 1 rings (SSSR count). The fourth-order valence-corrected chi connectivity index (χ4v) is 3.61. The Kier molecular flexibility index (Phi) is 10.6. The number of benzene rings is 1. The maximum absolute atomic E-state index is 12.2. The highest BCUT2D eigenvalue weighted by atomic mass is 127. The molecule has 0 aliphatic heterocycles. The molecule has 8 heteroatoms. The van der Waals surface area contributed by atoms with Gasteiger partial charge in [0, 0.05) is 25.2 Å². The Morgan fingerprint density at radius 2 is 1.78 bits per heavy atom. The van der Waals surface area contributed by atoms with Crippen molar-refractivity contribution in [3.63, 3.8) is 0 Å². The zero-order valence-electron chi connectivity index (χ0n) is 17.1. The van der Waals surface area contributed by atoms with E-state index in [4.69, 9.17) is 11.6 Å². The minimum Gasteiger partial charge on any atom is -0.356 e. The van der Waals surface area contributed by atoms with Crippen LogP contribution in [0.1, 0.15) is 40.2 Å². The van der Waals surface area contributed by atoms with Crippen LogP contribution in [0.2, 0.25) is 5.02 Å². The number of sulfone groups is 1. The van der Waals surface area contributed by atoms with E-state index < -0.39 is 14.6 Å². The van der Waals surface area contributed by atoms with Gasteiger partial charge < -0.3 is 10.6 Å². The summed E-state index contributed by atoms with van der Waals surface area (Å²) < 4.78 is 23.6. The molecule has 0 amide bonds. The van der Waals surface area contributed by atoms with E-state index in [-0.39, 0.29) is 35.1 Å². The van der Waals surface area contributed by atoms with Crippen molar-refractivity contribution in [2.75, 3.05) is 25.9 Å². The highest BCUT2D eigenvalue weighted by molar-refractivity contribution is 14.0. The maximum atomic E-state index is 12.2. The van der Waals surface area contributed by atoms with Crippen molar-refractivity contribution in [2.45, 2.75) is 45.8 Å². The van der Waals surface area contributed by atoms with Crippen molar-refractivity contribution < 1.29 is 8.42 Å². The summed E-state index contributed by atoms with van der Waals surface area (Å²) in [6, 6.07) is 7.87. The van der Waals surface area contributed by atoms with E-state index in [0.29, 0.717) is 19.0 Å². The summed E-state index contributed by atoms with van der Waals surface area (Å²) in [5, 5.41) is 7.10.